The van der Waals surface area contributed by atoms with Crippen molar-refractivity contribution in [2.75, 3.05) is 70.7 Å². The molecule has 3 fully saturated rings. The van der Waals surface area contributed by atoms with Crippen molar-refractivity contribution in [1.82, 2.24) is 25.1 Å². The summed E-state index contributed by atoms with van der Waals surface area (Å²) in [5.41, 5.74) is 2.38. The van der Waals surface area contributed by atoms with Crippen molar-refractivity contribution in [2.24, 2.45) is 5.92 Å². The number of ketones is 1. The van der Waals surface area contributed by atoms with Gasteiger partial charge >= 0.3 is 0 Å². The third-order valence-electron chi connectivity index (χ3n) is 9.17. The summed E-state index contributed by atoms with van der Waals surface area (Å²) in [6, 6.07) is 7.96. The number of nitrogens with zero attached hydrogens (tertiary/aromatic N) is 5. The van der Waals surface area contributed by atoms with Gasteiger partial charge in [0.2, 0.25) is 5.91 Å². The minimum atomic E-state index is -0.0557. The van der Waals surface area contributed by atoms with Gasteiger partial charge < -0.3 is 28.7 Å². The molecule has 248 valence electrons. The Bertz CT molecular complexity index is 1460. The average molecular weight is 635 g/mol. The van der Waals surface area contributed by atoms with Crippen LogP contribution >= 0.6 is 0 Å². The second kappa shape index (κ2) is 15.3. The molecule has 1 aromatic carbocycles. The number of carbonyl (C=O) groups excluding carboxylic acids is 2. The van der Waals surface area contributed by atoms with Gasteiger partial charge in [-0.1, -0.05) is 19.3 Å². The molecule has 2 aromatic heterocycles. The summed E-state index contributed by atoms with van der Waals surface area (Å²) < 4.78 is 22.8. The Hall–Kier alpha value is -3.61. The van der Waals surface area contributed by atoms with Crippen molar-refractivity contribution in [1.29, 1.82) is 0 Å². The van der Waals surface area contributed by atoms with E-state index in [1.54, 1.807) is 6.33 Å². The van der Waals surface area contributed by atoms with Gasteiger partial charge in [0.05, 0.1) is 57.3 Å². The van der Waals surface area contributed by atoms with Crippen molar-refractivity contribution in [2.45, 2.75) is 63.9 Å². The van der Waals surface area contributed by atoms with Crippen molar-refractivity contribution >= 4 is 28.4 Å². The quantitative estimate of drug-likeness (QED) is 0.203. The molecule has 1 saturated heterocycles. The first-order chi connectivity index (χ1) is 22.5. The van der Waals surface area contributed by atoms with Gasteiger partial charge in [-0.05, 0) is 43.9 Å². The first kappa shape index (κ1) is 32.3. The predicted octanol–water partition coefficient (Wildman–Crippen LogP) is 4.19. The summed E-state index contributed by atoms with van der Waals surface area (Å²) in [4.78, 5) is 37.7. The van der Waals surface area contributed by atoms with Gasteiger partial charge in [-0.3, -0.25) is 14.7 Å². The van der Waals surface area contributed by atoms with Gasteiger partial charge in [0.15, 0.2) is 0 Å². The minimum Gasteiger partial charge on any atom is -0.488 e. The Labute approximate surface area is 270 Å². The molecular weight excluding hydrogens is 588 g/mol. The second-order valence-electron chi connectivity index (χ2n) is 12.8. The van der Waals surface area contributed by atoms with E-state index in [1.165, 1.54) is 19.3 Å². The Morgan fingerprint density at radius 2 is 1.63 bits per heavy atom. The number of anilines is 1. The Morgan fingerprint density at radius 3 is 2.33 bits per heavy atom. The van der Waals surface area contributed by atoms with Crippen molar-refractivity contribution in [3.63, 3.8) is 0 Å². The summed E-state index contributed by atoms with van der Waals surface area (Å²) in [5.74, 6) is 2.66. The Morgan fingerprint density at radius 1 is 0.913 bits per heavy atom. The zero-order valence-corrected chi connectivity index (χ0v) is 26.9. The maximum absolute atomic E-state index is 12.8. The van der Waals surface area contributed by atoms with Gasteiger partial charge in [0.25, 0.3) is 0 Å². The molecule has 6 rings (SSSR count). The number of fused-ring (bicyclic) bond motifs is 1. The molecular formula is C34H46N6O6. The van der Waals surface area contributed by atoms with Crippen LogP contribution in [0.2, 0.25) is 0 Å². The summed E-state index contributed by atoms with van der Waals surface area (Å²) in [7, 11) is 0. The van der Waals surface area contributed by atoms with E-state index in [2.05, 4.69) is 32.0 Å². The standard InChI is InChI=1S/C34H46N6O6/c1-34(9-10-34)46-27-5-6-29-28(22-27)33(38-37-29)30-23-31(36-24-35-30)39-11-13-40(14-12-39)32(42)8-16-44-18-20-45-19-17-43-15-7-26(41)21-25-3-2-4-25/h5-6,22-25H,2-4,7-21H2,1H3,(H,37,38). The van der Waals surface area contributed by atoms with E-state index in [4.69, 9.17) is 18.9 Å². The molecule has 0 radical (unpaired) electrons. The molecule has 12 nitrogen and oxygen atoms in total. The van der Waals surface area contributed by atoms with Gasteiger partial charge in [-0.2, -0.15) is 5.10 Å². The highest BCUT2D eigenvalue weighted by Crippen LogP contribution is 2.40. The molecule has 0 atom stereocenters. The molecule has 0 spiro atoms. The third-order valence-corrected chi connectivity index (χ3v) is 9.17. The van der Waals surface area contributed by atoms with Crippen LogP contribution in [-0.4, -0.2) is 108 Å². The fraction of sp³-hybridized carbons (Fsp3) is 0.618. The number of piperazine rings is 1. The lowest BCUT2D eigenvalue weighted by molar-refractivity contribution is -0.132. The second-order valence-corrected chi connectivity index (χ2v) is 12.8. The molecule has 12 heteroatoms. The first-order valence-electron chi connectivity index (χ1n) is 16.7. The van der Waals surface area contributed by atoms with Gasteiger partial charge in [-0.25, -0.2) is 9.97 Å². The molecule has 1 aliphatic heterocycles. The van der Waals surface area contributed by atoms with Crippen LogP contribution in [0.1, 0.15) is 58.3 Å². The number of amides is 1. The monoisotopic (exact) mass is 634 g/mol. The summed E-state index contributed by atoms with van der Waals surface area (Å²) in [6.07, 6.45) is 8.92. The molecule has 0 unspecified atom stereocenters. The maximum atomic E-state index is 12.8. The van der Waals surface area contributed by atoms with E-state index < -0.39 is 0 Å². The van der Waals surface area contributed by atoms with E-state index in [0.29, 0.717) is 96.8 Å². The van der Waals surface area contributed by atoms with Crippen LogP contribution in [-0.2, 0) is 23.8 Å². The smallest absolute Gasteiger partial charge is 0.225 e. The molecule has 3 aromatic rings. The molecule has 0 bridgehead atoms. The Kier molecular flexibility index (Phi) is 10.8. The lowest BCUT2D eigenvalue weighted by atomic mass is 9.81. The Balaban J connectivity index is 0.854. The van der Waals surface area contributed by atoms with Crippen LogP contribution in [0, 0.1) is 5.92 Å². The molecule has 46 heavy (non-hydrogen) atoms. The molecule has 2 aliphatic carbocycles. The fourth-order valence-corrected chi connectivity index (χ4v) is 5.82. The van der Waals surface area contributed by atoms with Crippen molar-refractivity contribution in [3.8, 4) is 17.1 Å². The van der Waals surface area contributed by atoms with Crippen LogP contribution in [0.3, 0.4) is 0 Å². The van der Waals surface area contributed by atoms with E-state index in [9.17, 15) is 9.59 Å². The van der Waals surface area contributed by atoms with E-state index in [-0.39, 0.29) is 11.5 Å². The molecule has 2 saturated carbocycles. The van der Waals surface area contributed by atoms with Crippen LogP contribution in [0.25, 0.3) is 22.3 Å². The van der Waals surface area contributed by atoms with Gasteiger partial charge in [-0.15, -0.1) is 0 Å². The highest BCUT2D eigenvalue weighted by molar-refractivity contribution is 5.93. The predicted molar refractivity (Wildman–Crippen MR) is 173 cm³/mol. The number of benzene rings is 1. The number of carbonyl (C=O) groups is 2. The van der Waals surface area contributed by atoms with Crippen LogP contribution in [0.5, 0.6) is 5.75 Å². The number of hydrogen-bond donors (Lipinski definition) is 1. The largest absolute Gasteiger partial charge is 0.488 e. The van der Waals surface area contributed by atoms with Crippen molar-refractivity contribution in [3.05, 3.63) is 30.6 Å². The summed E-state index contributed by atoms with van der Waals surface area (Å²) in [6.45, 7) is 7.37. The molecule has 3 heterocycles. The number of aromatic amines is 1. The van der Waals surface area contributed by atoms with Crippen LogP contribution in [0.15, 0.2) is 30.6 Å². The zero-order valence-electron chi connectivity index (χ0n) is 26.9. The maximum Gasteiger partial charge on any atom is 0.225 e. The summed E-state index contributed by atoms with van der Waals surface area (Å²) in [5, 5.41) is 8.61. The molecule has 3 aliphatic rings. The average Bonchev–Trinajstić information content (AvgIpc) is 3.62. The van der Waals surface area contributed by atoms with E-state index in [0.717, 1.165) is 46.7 Å². The number of hydrogen-bond acceptors (Lipinski definition) is 10. The lowest BCUT2D eigenvalue weighted by Crippen LogP contribution is -2.49. The number of H-pyrrole nitrogens is 1. The fourth-order valence-electron chi connectivity index (χ4n) is 5.82. The van der Waals surface area contributed by atoms with E-state index in [1.807, 2.05) is 29.2 Å². The van der Waals surface area contributed by atoms with Gasteiger partial charge in [0, 0.05) is 50.5 Å². The van der Waals surface area contributed by atoms with Crippen LogP contribution in [0.4, 0.5) is 5.82 Å². The lowest BCUT2D eigenvalue weighted by Gasteiger charge is -2.35. The number of aromatic nitrogens is 4. The van der Waals surface area contributed by atoms with E-state index >= 15 is 0 Å². The zero-order chi connectivity index (χ0) is 31.8. The first-order valence-corrected chi connectivity index (χ1v) is 16.7. The molecule has 1 N–H and O–H groups in total. The highest BCUT2D eigenvalue weighted by Gasteiger charge is 2.40. The van der Waals surface area contributed by atoms with Gasteiger partial charge in [0.1, 0.15) is 35.0 Å². The number of rotatable bonds is 18. The number of ether oxygens (including phenoxy) is 4. The SMILES string of the molecule is CC1(Oc2ccc3[nH]nc(-c4cc(N5CCN(C(=O)CCOCCOCCOCCC(=O)CC6CCC6)CC5)ncn4)c3c2)CC1. The topological polar surface area (TPSA) is 132 Å². The minimum absolute atomic E-state index is 0.0557. The number of nitrogens with one attached hydrogen (secondary N) is 1. The van der Waals surface area contributed by atoms with Crippen molar-refractivity contribution < 1.29 is 28.5 Å². The number of Topliss-reactive ketones (excluding diaryl/α,β-unsaturated/α-hetero) is 1. The highest BCUT2D eigenvalue weighted by atomic mass is 16.5. The summed E-state index contributed by atoms with van der Waals surface area (Å²) >= 11 is 0. The third kappa shape index (κ3) is 8.80. The molecule has 1 amide bonds. The normalized spacial score (nSPS) is 17.7. The van der Waals surface area contributed by atoms with Crippen LogP contribution < -0.4 is 9.64 Å².